The fraction of sp³-hybridized carbons (Fsp3) is 0.444. The minimum absolute atomic E-state index is 0.220. The topological polar surface area (TPSA) is 97.2 Å². The predicted octanol–water partition coefficient (Wildman–Crippen LogP) is 4.59. The molecule has 0 saturated carbocycles. The van der Waals surface area contributed by atoms with Gasteiger partial charge in [-0.1, -0.05) is 20.3 Å². The fourth-order valence-corrected chi connectivity index (χ4v) is 7.01. The van der Waals surface area contributed by atoms with E-state index in [1.54, 1.807) is 16.4 Å². The number of carbonyl (C=O) groups excluding carboxylic acids is 1. The molecule has 2 aromatic carbocycles. The summed E-state index contributed by atoms with van der Waals surface area (Å²) in [6, 6.07) is 13.8. The molecule has 2 atom stereocenters. The molecule has 0 bridgehead atoms. The number of hydrogen-bond acceptors (Lipinski definition) is 5. The van der Waals surface area contributed by atoms with Crippen LogP contribution in [-0.4, -0.2) is 46.5 Å². The molecule has 1 N–H and O–H groups in total. The molecule has 0 unspecified atom stereocenters. The first-order chi connectivity index (χ1) is 17.3. The highest BCUT2D eigenvalue weighted by atomic mass is 32.2. The SMILES string of the molecule is C[C@@H]1C[C@H](C)CN(S(=O)(=O)c2ccc(C(=O)Nc3ccc(-c4nnc5n4CCCCC5)cc3)cc2)C1. The van der Waals surface area contributed by atoms with Gasteiger partial charge in [0.1, 0.15) is 5.82 Å². The second-order valence-electron chi connectivity index (χ2n) is 10.2. The number of aromatic nitrogens is 3. The Balaban J connectivity index is 1.26. The summed E-state index contributed by atoms with van der Waals surface area (Å²) in [6.07, 6.45) is 5.47. The van der Waals surface area contributed by atoms with Gasteiger partial charge in [-0.2, -0.15) is 4.31 Å². The number of nitrogens with one attached hydrogen (secondary N) is 1. The summed E-state index contributed by atoms with van der Waals surface area (Å²) in [5, 5.41) is 11.6. The van der Waals surface area contributed by atoms with E-state index in [1.165, 1.54) is 18.6 Å². The number of sulfonamides is 1. The Hall–Kier alpha value is -3.04. The number of nitrogens with zero attached hydrogens (tertiary/aromatic N) is 4. The minimum atomic E-state index is -3.58. The molecule has 2 aliphatic rings. The van der Waals surface area contributed by atoms with E-state index in [4.69, 9.17) is 0 Å². The van der Waals surface area contributed by atoms with Crippen LogP contribution in [0.25, 0.3) is 11.4 Å². The van der Waals surface area contributed by atoms with Crippen molar-refractivity contribution in [3.8, 4) is 11.4 Å². The summed E-state index contributed by atoms with van der Waals surface area (Å²) in [4.78, 5) is 13.0. The van der Waals surface area contributed by atoms with Crippen molar-refractivity contribution in [2.24, 2.45) is 11.8 Å². The summed E-state index contributed by atoms with van der Waals surface area (Å²) in [6.45, 7) is 6.15. The van der Waals surface area contributed by atoms with E-state index in [2.05, 4.69) is 33.9 Å². The van der Waals surface area contributed by atoms with Crippen molar-refractivity contribution in [3.05, 3.63) is 59.9 Å². The van der Waals surface area contributed by atoms with Crippen molar-refractivity contribution in [2.75, 3.05) is 18.4 Å². The zero-order chi connectivity index (χ0) is 25.3. The highest BCUT2D eigenvalue weighted by Gasteiger charge is 2.31. The molecule has 9 heteroatoms. The Kier molecular flexibility index (Phi) is 6.94. The van der Waals surface area contributed by atoms with E-state index in [0.29, 0.717) is 36.2 Å². The van der Waals surface area contributed by atoms with Gasteiger partial charge < -0.3 is 9.88 Å². The molecule has 1 amide bonds. The molecule has 36 heavy (non-hydrogen) atoms. The Morgan fingerprint density at radius 2 is 1.61 bits per heavy atom. The molecule has 8 nitrogen and oxygen atoms in total. The van der Waals surface area contributed by atoms with Crippen molar-refractivity contribution < 1.29 is 13.2 Å². The van der Waals surface area contributed by atoms with Crippen molar-refractivity contribution >= 4 is 21.6 Å². The first kappa shape index (κ1) is 24.6. The van der Waals surface area contributed by atoms with E-state index < -0.39 is 10.0 Å². The van der Waals surface area contributed by atoms with E-state index in [0.717, 1.165) is 49.4 Å². The van der Waals surface area contributed by atoms with Gasteiger partial charge in [-0.05, 0) is 79.6 Å². The summed E-state index contributed by atoms with van der Waals surface area (Å²) in [7, 11) is -3.58. The average molecular weight is 508 g/mol. The molecule has 1 aromatic heterocycles. The number of piperidine rings is 1. The Labute approximate surface area is 212 Å². The highest BCUT2D eigenvalue weighted by Crippen LogP contribution is 2.27. The van der Waals surface area contributed by atoms with Gasteiger partial charge in [0.25, 0.3) is 5.91 Å². The zero-order valence-electron chi connectivity index (χ0n) is 20.9. The van der Waals surface area contributed by atoms with Gasteiger partial charge in [-0.25, -0.2) is 8.42 Å². The Morgan fingerprint density at radius 3 is 2.31 bits per heavy atom. The van der Waals surface area contributed by atoms with Crippen molar-refractivity contribution in [1.29, 1.82) is 0 Å². The zero-order valence-corrected chi connectivity index (χ0v) is 21.7. The van der Waals surface area contributed by atoms with Gasteiger partial charge in [-0.3, -0.25) is 4.79 Å². The van der Waals surface area contributed by atoms with Gasteiger partial charge in [0.2, 0.25) is 10.0 Å². The number of aryl methyl sites for hydroxylation is 1. The third kappa shape index (κ3) is 5.08. The lowest BCUT2D eigenvalue weighted by Gasteiger charge is -2.34. The van der Waals surface area contributed by atoms with Crippen molar-refractivity contribution in [3.63, 3.8) is 0 Å². The standard InChI is InChI=1S/C27H33N5O3S/c1-19-16-20(2)18-31(17-19)36(34,35)24-13-9-22(10-14-24)27(33)28-23-11-7-21(8-12-23)26-30-29-25-6-4-3-5-15-32(25)26/h7-14,19-20H,3-6,15-18H2,1-2H3,(H,28,33)/t19-,20+. The van der Waals surface area contributed by atoms with Crippen LogP contribution in [0.1, 0.15) is 55.7 Å². The molecule has 0 radical (unpaired) electrons. The predicted molar refractivity (Wildman–Crippen MR) is 139 cm³/mol. The highest BCUT2D eigenvalue weighted by molar-refractivity contribution is 7.89. The maximum atomic E-state index is 13.1. The van der Waals surface area contributed by atoms with Crippen LogP contribution in [0.3, 0.4) is 0 Å². The van der Waals surface area contributed by atoms with Crippen LogP contribution in [0.2, 0.25) is 0 Å². The summed E-state index contributed by atoms with van der Waals surface area (Å²) in [5.74, 6) is 2.27. The van der Waals surface area contributed by atoms with Crippen LogP contribution in [0.4, 0.5) is 5.69 Å². The normalized spacial score (nSPS) is 20.9. The maximum Gasteiger partial charge on any atom is 0.255 e. The Bertz CT molecular complexity index is 1320. The molecule has 190 valence electrons. The van der Waals surface area contributed by atoms with Crippen LogP contribution < -0.4 is 5.32 Å². The molecule has 0 spiro atoms. The molecule has 5 rings (SSSR count). The summed E-state index contributed by atoms with van der Waals surface area (Å²) < 4.78 is 30.0. The molecule has 3 aromatic rings. The van der Waals surface area contributed by atoms with Crippen LogP contribution >= 0.6 is 0 Å². The number of carbonyl (C=O) groups is 1. The van der Waals surface area contributed by atoms with Gasteiger partial charge in [0.05, 0.1) is 4.90 Å². The first-order valence-electron chi connectivity index (χ1n) is 12.8. The van der Waals surface area contributed by atoms with E-state index >= 15 is 0 Å². The maximum absolute atomic E-state index is 13.1. The van der Waals surface area contributed by atoms with Gasteiger partial charge >= 0.3 is 0 Å². The number of anilines is 1. The van der Waals surface area contributed by atoms with Crippen molar-refractivity contribution in [1.82, 2.24) is 19.1 Å². The monoisotopic (exact) mass is 507 g/mol. The lowest BCUT2D eigenvalue weighted by atomic mass is 9.94. The van der Waals surface area contributed by atoms with Crippen LogP contribution in [0.5, 0.6) is 0 Å². The van der Waals surface area contributed by atoms with Gasteiger partial charge in [-0.15, -0.1) is 10.2 Å². The van der Waals surface area contributed by atoms with E-state index in [-0.39, 0.29) is 10.8 Å². The molecule has 2 aliphatic heterocycles. The molecule has 3 heterocycles. The molecular formula is C27H33N5O3S. The Morgan fingerprint density at radius 1 is 0.917 bits per heavy atom. The van der Waals surface area contributed by atoms with Gasteiger partial charge in [0, 0.05) is 42.9 Å². The fourth-order valence-electron chi connectivity index (χ4n) is 5.33. The minimum Gasteiger partial charge on any atom is -0.322 e. The number of benzene rings is 2. The average Bonchev–Trinajstić information content (AvgIpc) is 3.11. The largest absolute Gasteiger partial charge is 0.322 e. The molecule has 1 saturated heterocycles. The summed E-state index contributed by atoms with van der Waals surface area (Å²) in [5.41, 5.74) is 2.03. The lowest BCUT2D eigenvalue weighted by molar-refractivity contribution is 0.102. The van der Waals surface area contributed by atoms with Crippen molar-refractivity contribution in [2.45, 2.75) is 57.4 Å². The van der Waals surface area contributed by atoms with Crippen LogP contribution in [0, 0.1) is 11.8 Å². The second kappa shape index (κ2) is 10.1. The van der Waals surface area contributed by atoms with E-state index in [9.17, 15) is 13.2 Å². The van der Waals surface area contributed by atoms with Crippen LogP contribution in [0.15, 0.2) is 53.4 Å². The number of hydrogen-bond donors (Lipinski definition) is 1. The number of amides is 1. The van der Waals surface area contributed by atoms with E-state index in [1.807, 2.05) is 24.3 Å². The number of fused-ring (bicyclic) bond motifs is 1. The smallest absolute Gasteiger partial charge is 0.255 e. The number of rotatable bonds is 5. The third-order valence-corrected chi connectivity index (χ3v) is 8.95. The quantitative estimate of drug-likeness (QED) is 0.545. The molecule has 0 aliphatic carbocycles. The third-order valence-electron chi connectivity index (χ3n) is 7.10. The second-order valence-corrected chi connectivity index (χ2v) is 12.2. The summed E-state index contributed by atoms with van der Waals surface area (Å²) >= 11 is 0. The lowest BCUT2D eigenvalue weighted by Crippen LogP contribution is -2.42. The molecular weight excluding hydrogens is 474 g/mol. The van der Waals surface area contributed by atoms with Crippen LogP contribution in [-0.2, 0) is 23.0 Å². The first-order valence-corrected chi connectivity index (χ1v) is 14.2. The molecule has 1 fully saturated rings. The van der Waals surface area contributed by atoms with Gasteiger partial charge in [0.15, 0.2) is 5.82 Å².